The molecule has 1 aliphatic rings. The smallest absolute Gasteiger partial charge is 0.191 e. The van der Waals surface area contributed by atoms with Gasteiger partial charge in [-0.25, -0.2) is 4.98 Å². The largest absolute Gasteiger partial charge is 0.379 e. The Kier molecular flexibility index (Phi) is 13.0. The molecule has 2 rings (SSSR count). The number of aromatic nitrogens is 1. The van der Waals surface area contributed by atoms with Crippen molar-refractivity contribution in [2.75, 3.05) is 45.9 Å². The van der Waals surface area contributed by atoms with Gasteiger partial charge in [-0.3, -0.25) is 9.89 Å². The van der Waals surface area contributed by atoms with Gasteiger partial charge in [0.15, 0.2) is 5.96 Å². The number of morpholine rings is 1. The maximum absolute atomic E-state index is 5.84. The van der Waals surface area contributed by atoms with Crippen molar-refractivity contribution >= 4 is 41.5 Å². The van der Waals surface area contributed by atoms with E-state index in [9.17, 15) is 0 Å². The van der Waals surface area contributed by atoms with Gasteiger partial charge in [0.1, 0.15) is 5.15 Å². The van der Waals surface area contributed by atoms with Gasteiger partial charge in [-0.1, -0.05) is 31.5 Å². The van der Waals surface area contributed by atoms with Crippen LogP contribution in [-0.4, -0.2) is 67.8 Å². The van der Waals surface area contributed by atoms with Gasteiger partial charge in [-0.05, 0) is 37.3 Å². The van der Waals surface area contributed by atoms with E-state index in [0.717, 1.165) is 70.3 Å². The highest BCUT2D eigenvalue weighted by molar-refractivity contribution is 14.0. The summed E-state index contributed by atoms with van der Waals surface area (Å²) in [5.74, 6) is 1.53. The van der Waals surface area contributed by atoms with E-state index in [2.05, 4.69) is 41.3 Å². The fourth-order valence-corrected chi connectivity index (χ4v) is 3.36. The number of aliphatic imine (C=N–C) groups is 1. The van der Waals surface area contributed by atoms with E-state index < -0.39 is 0 Å². The molecular formula is C20H35ClIN5O. The zero-order chi connectivity index (χ0) is 19.5. The minimum Gasteiger partial charge on any atom is -0.379 e. The SMILES string of the molecule is CCNC(=NCC(CC(C)C)N1CCOCC1)NCCc1ccc(Cl)nc1.I. The van der Waals surface area contributed by atoms with E-state index in [4.69, 9.17) is 21.3 Å². The van der Waals surface area contributed by atoms with Crippen molar-refractivity contribution in [2.45, 2.75) is 39.7 Å². The predicted octanol–water partition coefficient (Wildman–Crippen LogP) is 3.20. The van der Waals surface area contributed by atoms with Crippen LogP contribution in [0.1, 0.15) is 32.8 Å². The maximum atomic E-state index is 5.84. The van der Waals surface area contributed by atoms with E-state index >= 15 is 0 Å². The summed E-state index contributed by atoms with van der Waals surface area (Å²) >= 11 is 5.84. The van der Waals surface area contributed by atoms with Gasteiger partial charge in [0.25, 0.3) is 0 Å². The van der Waals surface area contributed by atoms with E-state index in [-0.39, 0.29) is 24.0 Å². The Bertz CT molecular complexity index is 564. The Morgan fingerprint density at radius 2 is 2.04 bits per heavy atom. The Labute approximate surface area is 191 Å². The number of guanidine groups is 1. The molecule has 0 spiro atoms. The second kappa shape index (κ2) is 14.4. The lowest BCUT2D eigenvalue weighted by molar-refractivity contribution is 0.0143. The third-order valence-electron chi connectivity index (χ3n) is 4.60. The van der Waals surface area contributed by atoms with Crippen LogP contribution in [0.15, 0.2) is 23.3 Å². The lowest BCUT2D eigenvalue weighted by atomic mass is 10.0. The molecule has 2 N–H and O–H groups in total. The Hall–Kier alpha value is -0.640. The van der Waals surface area contributed by atoms with Crippen LogP contribution in [0.4, 0.5) is 0 Å². The fraction of sp³-hybridized carbons (Fsp3) is 0.700. The number of nitrogens with one attached hydrogen (secondary N) is 2. The second-order valence-electron chi connectivity index (χ2n) is 7.32. The average Bonchev–Trinajstić information content (AvgIpc) is 2.67. The molecule has 0 aromatic carbocycles. The highest BCUT2D eigenvalue weighted by Crippen LogP contribution is 2.14. The van der Waals surface area contributed by atoms with Gasteiger partial charge >= 0.3 is 0 Å². The first-order valence-corrected chi connectivity index (χ1v) is 10.4. The van der Waals surface area contributed by atoms with Crippen molar-refractivity contribution < 1.29 is 4.74 Å². The molecule has 1 aromatic rings. The van der Waals surface area contributed by atoms with Crippen LogP contribution >= 0.6 is 35.6 Å². The molecule has 1 aromatic heterocycles. The number of ether oxygens (including phenoxy) is 1. The minimum absolute atomic E-state index is 0. The number of nitrogens with zero attached hydrogens (tertiary/aromatic N) is 3. The third-order valence-corrected chi connectivity index (χ3v) is 4.83. The van der Waals surface area contributed by atoms with Crippen molar-refractivity contribution in [3.63, 3.8) is 0 Å². The van der Waals surface area contributed by atoms with Gasteiger partial charge in [-0.15, -0.1) is 24.0 Å². The lowest BCUT2D eigenvalue weighted by Crippen LogP contribution is -2.46. The van der Waals surface area contributed by atoms with Gasteiger partial charge < -0.3 is 15.4 Å². The number of rotatable bonds is 9. The van der Waals surface area contributed by atoms with Crippen LogP contribution in [-0.2, 0) is 11.2 Å². The number of hydrogen-bond acceptors (Lipinski definition) is 4. The summed E-state index contributed by atoms with van der Waals surface area (Å²) < 4.78 is 5.51. The van der Waals surface area contributed by atoms with Gasteiger partial charge in [0.05, 0.1) is 19.8 Å². The molecule has 0 amide bonds. The van der Waals surface area contributed by atoms with Gasteiger partial charge in [-0.2, -0.15) is 0 Å². The molecule has 0 radical (unpaired) electrons. The Morgan fingerprint density at radius 3 is 2.64 bits per heavy atom. The van der Waals surface area contributed by atoms with E-state index in [1.54, 1.807) is 0 Å². The predicted molar refractivity (Wildman–Crippen MR) is 128 cm³/mol. The van der Waals surface area contributed by atoms with Crippen molar-refractivity contribution in [3.05, 3.63) is 29.0 Å². The molecule has 0 aliphatic carbocycles. The highest BCUT2D eigenvalue weighted by atomic mass is 127. The average molecular weight is 524 g/mol. The summed E-state index contributed by atoms with van der Waals surface area (Å²) in [7, 11) is 0. The van der Waals surface area contributed by atoms with Gasteiger partial charge in [0.2, 0.25) is 0 Å². The minimum atomic E-state index is 0. The molecule has 6 nitrogen and oxygen atoms in total. The van der Waals surface area contributed by atoms with Crippen LogP contribution in [0.25, 0.3) is 0 Å². The van der Waals surface area contributed by atoms with Crippen LogP contribution in [0.3, 0.4) is 0 Å². The first-order chi connectivity index (χ1) is 13.1. The second-order valence-corrected chi connectivity index (χ2v) is 7.70. The monoisotopic (exact) mass is 523 g/mol. The quantitative estimate of drug-likeness (QED) is 0.225. The molecule has 1 fully saturated rings. The molecule has 8 heteroatoms. The Morgan fingerprint density at radius 1 is 1.29 bits per heavy atom. The van der Waals surface area contributed by atoms with Crippen LogP contribution in [0.5, 0.6) is 0 Å². The molecular weight excluding hydrogens is 489 g/mol. The van der Waals surface area contributed by atoms with Crippen molar-refractivity contribution in [3.8, 4) is 0 Å². The zero-order valence-electron chi connectivity index (χ0n) is 17.3. The first kappa shape index (κ1) is 25.4. The normalized spacial score (nSPS) is 16.5. The molecule has 0 saturated carbocycles. The molecule has 2 heterocycles. The fourth-order valence-electron chi connectivity index (χ4n) is 3.24. The third kappa shape index (κ3) is 9.71. The zero-order valence-corrected chi connectivity index (χ0v) is 20.4. The van der Waals surface area contributed by atoms with Crippen molar-refractivity contribution in [1.29, 1.82) is 0 Å². The molecule has 1 aliphatic heterocycles. The lowest BCUT2D eigenvalue weighted by Gasteiger charge is -2.34. The van der Waals surface area contributed by atoms with Crippen molar-refractivity contribution in [2.24, 2.45) is 10.9 Å². The van der Waals surface area contributed by atoms with E-state index in [1.807, 2.05) is 18.3 Å². The van der Waals surface area contributed by atoms with E-state index in [1.165, 1.54) is 0 Å². The molecule has 1 saturated heterocycles. The van der Waals surface area contributed by atoms with Crippen LogP contribution in [0, 0.1) is 5.92 Å². The first-order valence-electron chi connectivity index (χ1n) is 10.0. The maximum Gasteiger partial charge on any atom is 0.191 e. The molecule has 28 heavy (non-hydrogen) atoms. The van der Waals surface area contributed by atoms with Crippen molar-refractivity contribution in [1.82, 2.24) is 20.5 Å². The summed E-state index contributed by atoms with van der Waals surface area (Å²) in [6, 6.07) is 4.30. The summed E-state index contributed by atoms with van der Waals surface area (Å²) in [6.07, 6.45) is 3.86. The molecule has 160 valence electrons. The standard InChI is InChI=1S/C20H34ClN5O.HI/c1-4-22-20(23-8-7-17-5-6-19(21)24-14-17)25-15-18(13-16(2)3)26-9-11-27-12-10-26;/h5-6,14,16,18H,4,7-13,15H2,1-3H3,(H2,22,23,25);1H. The van der Waals surface area contributed by atoms with Gasteiger partial charge in [0, 0.05) is 38.4 Å². The molecule has 1 atom stereocenters. The van der Waals surface area contributed by atoms with E-state index in [0.29, 0.717) is 17.1 Å². The number of pyridine rings is 1. The summed E-state index contributed by atoms with van der Waals surface area (Å²) in [4.78, 5) is 11.5. The van der Waals surface area contributed by atoms with Crippen LogP contribution < -0.4 is 10.6 Å². The highest BCUT2D eigenvalue weighted by Gasteiger charge is 2.21. The molecule has 1 unspecified atom stereocenters. The summed E-state index contributed by atoms with van der Waals surface area (Å²) in [5, 5.41) is 7.31. The number of hydrogen-bond donors (Lipinski definition) is 2. The number of halogens is 2. The summed E-state index contributed by atoms with van der Waals surface area (Å²) in [5.41, 5.74) is 1.16. The van der Waals surface area contributed by atoms with Crippen LogP contribution in [0.2, 0.25) is 5.15 Å². The molecule has 0 bridgehead atoms. The topological polar surface area (TPSA) is 61.8 Å². The Balaban J connectivity index is 0.00000392. The summed E-state index contributed by atoms with van der Waals surface area (Å²) in [6.45, 7) is 12.8.